The first-order valence-corrected chi connectivity index (χ1v) is 6.89. The molecule has 1 fully saturated rings. The van der Waals surface area contributed by atoms with Crippen LogP contribution in [-0.4, -0.2) is 12.7 Å². The molecule has 0 aliphatic heterocycles. The summed E-state index contributed by atoms with van der Waals surface area (Å²) in [7, 11) is 0. The van der Waals surface area contributed by atoms with Gasteiger partial charge in [0, 0.05) is 11.6 Å². The van der Waals surface area contributed by atoms with Gasteiger partial charge in [-0.3, -0.25) is 5.32 Å². The minimum Gasteiger partial charge on any atom is -0.449 e. The molecule has 0 spiro atoms. The van der Waals surface area contributed by atoms with E-state index in [4.69, 9.17) is 4.74 Å². The maximum Gasteiger partial charge on any atom is 0.411 e. The van der Waals surface area contributed by atoms with E-state index in [1.54, 1.807) is 0 Å². The van der Waals surface area contributed by atoms with E-state index in [1.807, 2.05) is 31.2 Å². The van der Waals surface area contributed by atoms with Gasteiger partial charge in [0.25, 0.3) is 0 Å². The van der Waals surface area contributed by atoms with E-state index in [0.29, 0.717) is 18.4 Å². The van der Waals surface area contributed by atoms with Crippen molar-refractivity contribution >= 4 is 11.8 Å². The predicted octanol–water partition coefficient (Wildman–Crippen LogP) is 3.76. The van der Waals surface area contributed by atoms with E-state index in [0.717, 1.165) is 17.2 Å². The minimum atomic E-state index is -0.350. The Hall–Kier alpha value is -1.77. The SMILES string of the molecule is Cc1cccc(NC(=O)OCC2CC3C=CC2C3)c1. The molecule has 3 unspecified atom stereocenters. The van der Waals surface area contributed by atoms with Crippen LogP contribution in [0.25, 0.3) is 0 Å². The molecule has 0 aromatic heterocycles. The van der Waals surface area contributed by atoms with Gasteiger partial charge in [0.05, 0.1) is 6.61 Å². The zero-order chi connectivity index (χ0) is 13.2. The van der Waals surface area contributed by atoms with Crippen molar-refractivity contribution in [3.8, 4) is 0 Å². The molecule has 1 aromatic rings. The second-order valence-electron chi connectivity index (χ2n) is 5.63. The summed E-state index contributed by atoms with van der Waals surface area (Å²) in [6.45, 7) is 2.53. The molecule has 0 heterocycles. The lowest BCUT2D eigenvalue weighted by molar-refractivity contribution is 0.134. The molecule has 2 aliphatic carbocycles. The number of nitrogens with one attached hydrogen (secondary N) is 1. The van der Waals surface area contributed by atoms with Crippen LogP contribution in [0.2, 0.25) is 0 Å². The van der Waals surface area contributed by atoms with Gasteiger partial charge in [-0.2, -0.15) is 0 Å². The van der Waals surface area contributed by atoms with E-state index in [-0.39, 0.29) is 6.09 Å². The summed E-state index contributed by atoms with van der Waals surface area (Å²) in [6, 6.07) is 7.72. The summed E-state index contributed by atoms with van der Waals surface area (Å²) in [6.07, 6.45) is 6.64. The molecular formula is C16H19NO2. The summed E-state index contributed by atoms with van der Waals surface area (Å²) in [5.74, 6) is 1.86. The highest BCUT2D eigenvalue weighted by Crippen LogP contribution is 2.43. The normalized spacial score (nSPS) is 27.5. The molecule has 0 radical (unpaired) electrons. The summed E-state index contributed by atoms with van der Waals surface area (Å²) in [5.41, 5.74) is 1.91. The first-order chi connectivity index (χ1) is 9.20. The van der Waals surface area contributed by atoms with Crippen LogP contribution in [0.4, 0.5) is 10.5 Å². The Kier molecular flexibility index (Phi) is 3.28. The van der Waals surface area contributed by atoms with Crippen LogP contribution in [0, 0.1) is 24.7 Å². The van der Waals surface area contributed by atoms with Crippen molar-refractivity contribution in [2.75, 3.05) is 11.9 Å². The molecule has 2 aliphatic rings. The Morgan fingerprint density at radius 2 is 2.26 bits per heavy atom. The average Bonchev–Trinajstić information content (AvgIpc) is 2.98. The fourth-order valence-corrected chi connectivity index (χ4v) is 3.15. The third kappa shape index (κ3) is 2.80. The van der Waals surface area contributed by atoms with Crippen LogP contribution < -0.4 is 5.32 Å². The molecule has 100 valence electrons. The third-order valence-corrected chi connectivity index (χ3v) is 4.11. The van der Waals surface area contributed by atoms with Crippen molar-refractivity contribution in [2.45, 2.75) is 19.8 Å². The highest BCUT2D eigenvalue weighted by molar-refractivity contribution is 5.84. The highest BCUT2D eigenvalue weighted by Gasteiger charge is 2.36. The lowest BCUT2D eigenvalue weighted by Gasteiger charge is -2.17. The van der Waals surface area contributed by atoms with E-state index >= 15 is 0 Å². The number of carbonyl (C=O) groups is 1. The molecule has 3 nitrogen and oxygen atoms in total. The summed E-state index contributed by atoms with van der Waals surface area (Å²) in [4.78, 5) is 11.7. The quantitative estimate of drug-likeness (QED) is 0.837. The van der Waals surface area contributed by atoms with Gasteiger partial charge < -0.3 is 4.74 Å². The lowest BCUT2D eigenvalue weighted by Crippen LogP contribution is -2.21. The highest BCUT2D eigenvalue weighted by atomic mass is 16.5. The molecule has 1 aromatic carbocycles. The van der Waals surface area contributed by atoms with Crippen molar-refractivity contribution in [3.63, 3.8) is 0 Å². The second kappa shape index (κ2) is 5.08. The minimum absolute atomic E-state index is 0.350. The largest absolute Gasteiger partial charge is 0.449 e. The van der Waals surface area contributed by atoms with E-state index in [1.165, 1.54) is 12.8 Å². The number of carbonyl (C=O) groups excluding carboxylic acids is 1. The van der Waals surface area contributed by atoms with Crippen molar-refractivity contribution in [1.29, 1.82) is 0 Å². The Bertz CT molecular complexity index is 509. The number of anilines is 1. The van der Waals surface area contributed by atoms with Crippen LogP contribution in [-0.2, 0) is 4.74 Å². The molecule has 1 N–H and O–H groups in total. The molecule has 1 amide bonds. The summed E-state index contributed by atoms with van der Waals surface area (Å²) in [5, 5.41) is 2.77. The smallest absolute Gasteiger partial charge is 0.411 e. The Morgan fingerprint density at radius 1 is 1.37 bits per heavy atom. The van der Waals surface area contributed by atoms with E-state index in [9.17, 15) is 4.79 Å². The molecule has 2 bridgehead atoms. The zero-order valence-corrected chi connectivity index (χ0v) is 11.1. The molecule has 3 heteroatoms. The predicted molar refractivity (Wildman–Crippen MR) is 75.0 cm³/mol. The number of rotatable bonds is 3. The Labute approximate surface area is 113 Å². The molecule has 0 saturated heterocycles. The fraction of sp³-hybridized carbons (Fsp3) is 0.438. The van der Waals surface area contributed by atoms with Crippen LogP contribution in [0.1, 0.15) is 18.4 Å². The van der Waals surface area contributed by atoms with Gasteiger partial charge in [-0.05, 0) is 49.3 Å². The van der Waals surface area contributed by atoms with E-state index < -0.39 is 0 Å². The summed E-state index contributed by atoms with van der Waals surface area (Å²) >= 11 is 0. The van der Waals surface area contributed by atoms with Gasteiger partial charge in [-0.1, -0.05) is 24.3 Å². The third-order valence-electron chi connectivity index (χ3n) is 4.11. The average molecular weight is 257 g/mol. The van der Waals surface area contributed by atoms with Gasteiger partial charge in [0.1, 0.15) is 0 Å². The van der Waals surface area contributed by atoms with E-state index in [2.05, 4.69) is 17.5 Å². The first kappa shape index (κ1) is 12.3. The molecule has 3 atom stereocenters. The number of benzene rings is 1. The maximum absolute atomic E-state index is 11.7. The number of ether oxygens (including phenoxy) is 1. The number of allylic oxidation sites excluding steroid dienone is 2. The van der Waals surface area contributed by atoms with Gasteiger partial charge in [0.2, 0.25) is 0 Å². The van der Waals surface area contributed by atoms with Crippen LogP contribution >= 0.6 is 0 Å². The van der Waals surface area contributed by atoms with Crippen LogP contribution in [0.3, 0.4) is 0 Å². The Morgan fingerprint density at radius 3 is 2.95 bits per heavy atom. The second-order valence-corrected chi connectivity index (χ2v) is 5.63. The van der Waals surface area contributed by atoms with Gasteiger partial charge in [-0.25, -0.2) is 4.79 Å². The molecule has 3 rings (SSSR count). The standard InChI is InChI=1S/C16H19NO2/c1-11-3-2-4-15(7-11)17-16(18)19-10-14-9-12-5-6-13(14)8-12/h2-7,12-14H,8-10H2,1H3,(H,17,18). The van der Waals surface area contributed by atoms with Gasteiger partial charge in [0.15, 0.2) is 0 Å². The maximum atomic E-state index is 11.7. The van der Waals surface area contributed by atoms with Gasteiger partial charge in [-0.15, -0.1) is 0 Å². The van der Waals surface area contributed by atoms with Crippen molar-refractivity contribution in [2.24, 2.45) is 17.8 Å². The fourth-order valence-electron chi connectivity index (χ4n) is 3.15. The van der Waals surface area contributed by atoms with Gasteiger partial charge >= 0.3 is 6.09 Å². The molecular weight excluding hydrogens is 238 g/mol. The van der Waals surface area contributed by atoms with Crippen molar-refractivity contribution < 1.29 is 9.53 Å². The topological polar surface area (TPSA) is 38.3 Å². The number of fused-ring (bicyclic) bond motifs is 2. The lowest BCUT2D eigenvalue weighted by atomic mass is 9.95. The number of hydrogen-bond acceptors (Lipinski definition) is 2. The van der Waals surface area contributed by atoms with Crippen molar-refractivity contribution in [3.05, 3.63) is 42.0 Å². The van der Waals surface area contributed by atoms with Crippen molar-refractivity contribution in [1.82, 2.24) is 0 Å². The van der Waals surface area contributed by atoms with Crippen LogP contribution in [0.15, 0.2) is 36.4 Å². The molecule has 1 saturated carbocycles. The Balaban J connectivity index is 1.48. The first-order valence-electron chi connectivity index (χ1n) is 6.89. The zero-order valence-electron chi connectivity index (χ0n) is 11.1. The summed E-state index contributed by atoms with van der Waals surface area (Å²) < 4.78 is 5.34. The number of hydrogen-bond donors (Lipinski definition) is 1. The number of amides is 1. The monoisotopic (exact) mass is 257 g/mol. The van der Waals surface area contributed by atoms with Crippen LogP contribution in [0.5, 0.6) is 0 Å². The molecule has 19 heavy (non-hydrogen) atoms. The number of aryl methyl sites for hydroxylation is 1.